The van der Waals surface area contributed by atoms with Gasteiger partial charge in [-0.25, -0.2) is 0 Å². The first kappa shape index (κ1) is 13.5. The predicted molar refractivity (Wildman–Crippen MR) is 76.9 cm³/mol. The molecule has 0 unspecified atom stereocenters. The van der Waals surface area contributed by atoms with Crippen LogP contribution in [-0.2, 0) is 17.6 Å². The Labute approximate surface area is 114 Å². The minimum absolute atomic E-state index is 0.335. The van der Waals surface area contributed by atoms with Crippen LogP contribution < -0.4 is 0 Å². The number of pyridine rings is 1. The fourth-order valence-electron chi connectivity index (χ4n) is 2.07. The van der Waals surface area contributed by atoms with Crippen LogP contribution in [0.5, 0.6) is 0 Å². The van der Waals surface area contributed by atoms with Gasteiger partial charge in [0, 0.05) is 24.7 Å². The molecule has 98 valence electrons. The molecule has 0 fully saturated rings. The molecule has 0 aliphatic rings. The van der Waals surface area contributed by atoms with Crippen molar-refractivity contribution >= 4 is 5.78 Å². The van der Waals surface area contributed by atoms with Crippen LogP contribution in [0, 0.1) is 0 Å². The Morgan fingerprint density at radius 3 is 2.42 bits per heavy atom. The molecule has 1 aromatic heterocycles. The second kappa shape index (κ2) is 7.47. The highest BCUT2D eigenvalue weighted by atomic mass is 16.1. The summed E-state index contributed by atoms with van der Waals surface area (Å²) in [4.78, 5) is 16.0. The molecule has 1 heterocycles. The highest BCUT2D eigenvalue weighted by Gasteiger charge is 2.03. The van der Waals surface area contributed by atoms with E-state index in [0.717, 1.165) is 25.0 Å². The van der Waals surface area contributed by atoms with E-state index < -0.39 is 0 Å². The van der Waals surface area contributed by atoms with E-state index >= 15 is 0 Å². The molecule has 0 saturated carbocycles. The molecular weight excluding hydrogens is 234 g/mol. The molecule has 0 aliphatic carbocycles. The molecule has 0 atom stereocenters. The van der Waals surface area contributed by atoms with Crippen molar-refractivity contribution in [3.63, 3.8) is 0 Å². The van der Waals surface area contributed by atoms with Crippen molar-refractivity contribution in [3.05, 3.63) is 66.0 Å². The molecule has 0 saturated heterocycles. The van der Waals surface area contributed by atoms with E-state index in [1.165, 1.54) is 5.56 Å². The van der Waals surface area contributed by atoms with Crippen LogP contribution in [0.15, 0.2) is 54.7 Å². The summed E-state index contributed by atoms with van der Waals surface area (Å²) in [5.74, 6) is 0.335. The lowest BCUT2D eigenvalue weighted by Crippen LogP contribution is -2.02. The van der Waals surface area contributed by atoms with E-state index in [0.29, 0.717) is 18.6 Å². The summed E-state index contributed by atoms with van der Waals surface area (Å²) in [7, 11) is 0. The first-order chi connectivity index (χ1) is 9.34. The Bertz CT molecular complexity index is 493. The van der Waals surface area contributed by atoms with E-state index in [1.54, 1.807) is 6.20 Å². The Balaban J connectivity index is 1.65. The van der Waals surface area contributed by atoms with Gasteiger partial charge in [0.2, 0.25) is 0 Å². The third kappa shape index (κ3) is 5.04. The van der Waals surface area contributed by atoms with Gasteiger partial charge in [-0.1, -0.05) is 36.4 Å². The minimum atomic E-state index is 0.335. The molecule has 0 bridgehead atoms. The molecule has 2 nitrogen and oxygen atoms in total. The fraction of sp³-hybridized carbons (Fsp3) is 0.294. The summed E-state index contributed by atoms with van der Waals surface area (Å²) < 4.78 is 0. The Hall–Kier alpha value is -1.96. The topological polar surface area (TPSA) is 30.0 Å². The van der Waals surface area contributed by atoms with Crippen LogP contribution >= 0.6 is 0 Å². The number of carbonyl (C=O) groups is 1. The van der Waals surface area contributed by atoms with Gasteiger partial charge in [0.05, 0.1) is 0 Å². The predicted octanol–water partition coefficient (Wildman–Crippen LogP) is 3.61. The largest absolute Gasteiger partial charge is 0.300 e. The van der Waals surface area contributed by atoms with Crippen molar-refractivity contribution in [1.29, 1.82) is 0 Å². The summed E-state index contributed by atoms with van der Waals surface area (Å²) in [5.41, 5.74) is 2.30. The lowest BCUT2D eigenvalue weighted by Gasteiger charge is -2.02. The summed E-state index contributed by atoms with van der Waals surface area (Å²) >= 11 is 0. The molecule has 2 rings (SSSR count). The number of nitrogens with zero attached hydrogens (tertiary/aromatic N) is 1. The number of aromatic nitrogens is 1. The van der Waals surface area contributed by atoms with Crippen molar-refractivity contribution in [2.75, 3.05) is 0 Å². The number of carbonyl (C=O) groups excluding carboxylic acids is 1. The van der Waals surface area contributed by atoms with Gasteiger partial charge in [0.15, 0.2) is 0 Å². The first-order valence-electron chi connectivity index (χ1n) is 6.80. The maximum atomic E-state index is 11.8. The average molecular weight is 253 g/mol. The van der Waals surface area contributed by atoms with E-state index in [4.69, 9.17) is 0 Å². The molecule has 0 N–H and O–H groups in total. The lowest BCUT2D eigenvalue weighted by atomic mass is 10.0. The van der Waals surface area contributed by atoms with E-state index in [-0.39, 0.29) is 0 Å². The molecule has 0 amide bonds. The Morgan fingerprint density at radius 2 is 1.68 bits per heavy atom. The summed E-state index contributed by atoms with van der Waals surface area (Å²) in [6, 6.07) is 16.1. The molecule has 0 radical (unpaired) electrons. The summed E-state index contributed by atoms with van der Waals surface area (Å²) in [6.07, 6.45) is 5.72. The second-order valence-corrected chi connectivity index (χ2v) is 4.70. The fourth-order valence-corrected chi connectivity index (χ4v) is 2.07. The average Bonchev–Trinajstić information content (AvgIpc) is 2.47. The van der Waals surface area contributed by atoms with Gasteiger partial charge < -0.3 is 0 Å². The lowest BCUT2D eigenvalue weighted by molar-refractivity contribution is -0.119. The number of hydrogen-bond donors (Lipinski definition) is 0. The number of ketones is 1. The Morgan fingerprint density at radius 1 is 0.895 bits per heavy atom. The quantitative estimate of drug-likeness (QED) is 0.754. The second-order valence-electron chi connectivity index (χ2n) is 4.70. The van der Waals surface area contributed by atoms with Crippen molar-refractivity contribution < 1.29 is 4.79 Å². The van der Waals surface area contributed by atoms with E-state index in [1.807, 2.05) is 36.4 Å². The van der Waals surface area contributed by atoms with Gasteiger partial charge in [0.1, 0.15) is 5.78 Å². The number of hydrogen-bond acceptors (Lipinski definition) is 2. The molecule has 0 spiro atoms. The first-order valence-corrected chi connectivity index (χ1v) is 6.80. The van der Waals surface area contributed by atoms with Gasteiger partial charge in [-0.15, -0.1) is 0 Å². The molecule has 1 aromatic carbocycles. The van der Waals surface area contributed by atoms with Crippen LogP contribution in [0.25, 0.3) is 0 Å². The van der Waals surface area contributed by atoms with Gasteiger partial charge in [-0.3, -0.25) is 9.78 Å². The zero-order chi connectivity index (χ0) is 13.3. The van der Waals surface area contributed by atoms with E-state index in [9.17, 15) is 4.79 Å². The third-order valence-electron chi connectivity index (χ3n) is 3.15. The molecule has 0 aliphatic heterocycles. The van der Waals surface area contributed by atoms with Crippen LogP contribution in [0.4, 0.5) is 0 Å². The molecular formula is C17H19NO. The number of benzene rings is 1. The third-order valence-corrected chi connectivity index (χ3v) is 3.15. The maximum absolute atomic E-state index is 11.8. The van der Waals surface area contributed by atoms with Gasteiger partial charge in [0.25, 0.3) is 0 Å². The monoisotopic (exact) mass is 253 g/mol. The highest BCUT2D eigenvalue weighted by molar-refractivity contribution is 5.78. The SMILES string of the molecule is O=C(CCCc1ccccc1)CCc1ccccn1. The smallest absolute Gasteiger partial charge is 0.133 e. The molecule has 2 aromatic rings. The van der Waals surface area contributed by atoms with Gasteiger partial charge in [-0.2, -0.15) is 0 Å². The number of Topliss-reactive ketones (excluding diaryl/α,β-unsaturated/α-hetero) is 1. The zero-order valence-corrected chi connectivity index (χ0v) is 11.1. The van der Waals surface area contributed by atoms with Crippen molar-refractivity contribution in [2.45, 2.75) is 32.1 Å². The zero-order valence-electron chi connectivity index (χ0n) is 11.1. The molecule has 2 heteroatoms. The van der Waals surface area contributed by atoms with Crippen LogP contribution in [0.3, 0.4) is 0 Å². The van der Waals surface area contributed by atoms with Crippen molar-refractivity contribution in [3.8, 4) is 0 Å². The summed E-state index contributed by atoms with van der Waals surface area (Å²) in [5, 5.41) is 0. The van der Waals surface area contributed by atoms with Gasteiger partial charge in [-0.05, 0) is 37.0 Å². The normalized spacial score (nSPS) is 10.3. The highest BCUT2D eigenvalue weighted by Crippen LogP contribution is 2.07. The van der Waals surface area contributed by atoms with Crippen LogP contribution in [-0.4, -0.2) is 10.8 Å². The van der Waals surface area contributed by atoms with Gasteiger partial charge >= 0.3 is 0 Å². The van der Waals surface area contributed by atoms with Crippen molar-refractivity contribution in [2.24, 2.45) is 0 Å². The van der Waals surface area contributed by atoms with E-state index in [2.05, 4.69) is 17.1 Å². The maximum Gasteiger partial charge on any atom is 0.133 e. The number of rotatable bonds is 7. The van der Waals surface area contributed by atoms with Crippen molar-refractivity contribution in [1.82, 2.24) is 4.98 Å². The number of aryl methyl sites for hydroxylation is 2. The van der Waals surface area contributed by atoms with Crippen LogP contribution in [0.2, 0.25) is 0 Å². The standard InChI is InChI=1S/C17H19NO/c19-17(13-12-16-10-4-5-14-18-16)11-6-9-15-7-2-1-3-8-15/h1-5,7-8,10,14H,6,9,11-13H2. The minimum Gasteiger partial charge on any atom is -0.300 e. The summed E-state index contributed by atoms with van der Waals surface area (Å²) in [6.45, 7) is 0. The Kier molecular flexibility index (Phi) is 5.30. The molecule has 19 heavy (non-hydrogen) atoms. The van der Waals surface area contributed by atoms with Crippen LogP contribution in [0.1, 0.15) is 30.5 Å².